The summed E-state index contributed by atoms with van der Waals surface area (Å²) in [7, 11) is 0. The number of carbonyl (C=O) groups is 1. The van der Waals surface area contributed by atoms with E-state index in [2.05, 4.69) is 0 Å². The van der Waals surface area contributed by atoms with Gasteiger partial charge in [0.05, 0.1) is 39.8 Å². The van der Waals surface area contributed by atoms with E-state index >= 15 is 0 Å². The lowest BCUT2D eigenvalue weighted by Crippen LogP contribution is -2.35. The van der Waals surface area contributed by atoms with Gasteiger partial charge >= 0.3 is 5.97 Å². The minimum absolute atomic E-state index is 0.0115. The molecule has 0 fully saturated rings. The van der Waals surface area contributed by atoms with Crippen LogP contribution in [0.5, 0.6) is 0 Å². The number of aliphatic carboxylic acids is 1. The molecule has 0 aliphatic carbocycles. The molecule has 11 heavy (non-hydrogen) atoms. The van der Waals surface area contributed by atoms with Gasteiger partial charge in [-0.1, -0.05) is 0 Å². The first-order valence-electron chi connectivity index (χ1n) is 7.77. The van der Waals surface area contributed by atoms with Gasteiger partial charge in [-0.25, -0.2) is 0 Å². The lowest BCUT2D eigenvalue weighted by atomic mass is 10.2. The van der Waals surface area contributed by atoms with Crippen LogP contribution in [-0.4, -0.2) is 43.0 Å². The largest absolute Gasteiger partial charge is 0.481 e. The van der Waals surface area contributed by atoms with E-state index in [1.807, 2.05) is 0 Å². The molecule has 3 nitrogen and oxygen atoms in total. The van der Waals surface area contributed by atoms with E-state index in [-0.39, 0.29) is 19.3 Å². The Labute approximate surface area is 80.9 Å². The Morgan fingerprint density at radius 2 is 2.09 bits per heavy atom. The van der Waals surface area contributed by atoms with Crippen molar-refractivity contribution < 1.29 is 26.7 Å². The molecule has 0 amide bonds. The van der Waals surface area contributed by atoms with Gasteiger partial charge in [0.15, 0.2) is 0 Å². The van der Waals surface area contributed by atoms with Gasteiger partial charge in [0, 0.05) is 6.42 Å². The van der Waals surface area contributed by atoms with E-state index in [0.717, 1.165) is 0 Å². The van der Waals surface area contributed by atoms with Crippen LogP contribution in [0.1, 0.15) is 31.6 Å². The number of nitrogens with zero attached hydrogens (tertiary/aromatic N) is 1. The summed E-state index contributed by atoms with van der Waals surface area (Å²) in [5.41, 5.74) is 0. The summed E-state index contributed by atoms with van der Waals surface area (Å²) in [6, 6.07) is 0. The average molecular weight is 169 g/mol. The molecule has 0 aliphatic heterocycles. The van der Waals surface area contributed by atoms with Crippen LogP contribution in [0.3, 0.4) is 0 Å². The molecule has 0 saturated carbocycles. The van der Waals surface area contributed by atoms with Crippen LogP contribution in [0.15, 0.2) is 0 Å². The molecule has 0 radical (unpaired) electrons. The summed E-state index contributed by atoms with van der Waals surface area (Å²) in [5.74, 6) is -1.11. The van der Waals surface area contributed by atoms with Crippen molar-refractivity contribution >= 4 is 5.97 Å². The molecule has 0 atom stereocenters. The highest BCUT2D eigenvalue weighted by molar-refractivity contribution is 5.66. The van der Waals surface area contributed by atoms with Gasteiger partial charge in [0.2, 0.25) is 0 Å². The lowest BCUT2D eigenvalue weighted by Gasteiger charge is -2.23. The fraction of sp³-hybridized carbons (Fsp3) is 0.875. The molecule has 0 spiro atoms. The van der Waals surface area contributed by atoms with E-state index in [0.29, 0.717) is 0 Å². The van der Waals surface area contributed by atoms with Gasteiger partial charge in [-0.3, -0.25) is 4.79 Å². The van der Waals surface area contributed by atoms with E-state index in [1.165, 1.54) is 0 Å². The van der Waals surface area contributed by atoms with E-state index in [9.17, 15) is 4.79 Å². The molecule has 0 aromatic heterocycles. The fourth-order valence-corrected chi connectivity index (χ4v) is 0.625. The van der Waals surface area contributed by atoms with Gasteiger partial charge < -0.3 is 9.59 Å². The van der Waals surface area contributed by atoms with Crippen LogP contribution in [0.2, 0.25) is 0 Å². The summed E-state index contributed by atoms with van der Waals surface area (Å²) in [6.07, 6.45) is -0.387. The summed E-state index contributed by atoms with van der Waals surface area (Å²) in [6.45, 7) is -10.5. The number of rotatable bonds is 5. The SMILES string of the molecule is [2H]C([2H])([2H])[N+](CCCCC(=O)O)(C([2H])([2H])[2H])C([2H])([2H])[2H]. The van der Waals surface area contributed by atoms with Crippen LogP contribution in [-0.2, 0) is 4.79 Å². The van der Waals surface area contributed by atoms with Crippen LogP contribution in [0.25, 0.3) is 0 Å². The zero-order valence-electron chi connectivity index (χ0n) is 15.1. The molecule has 1 N–H and O–H groups in total. The number of carboxylic acid groups (broad SMARTS) is 1. The first-order valence-corrected chi connectivity index (χ1v) is 3.27. The Morgan fingerprint density at radius 3 is 2.55 bits per heavy atom. The summed E-state index contributed by atoms with van der Waals surface area (Å²) < 4.78 is 64.0. The number of quaternary nitrogens is 1. The number of hydrogen-bond acceptors (Lipinski definition) is 1. The number of hydrogen-bond donors (Lipinski definition) is 1. The van der Waals surface area contributed by atoms with Crippen molar-refractivity contribution in [3.8, 4) is 0 Å². The van der Waals surface area contributed by atoms with E-state index in [4.69, 9.17) is 17.4 Å². The molecule has 0 heterocycles. The third-order valence-electron chi connectivity index (χ3n) is 1.13. The Bertz CT molecular complexity index is 307. The molecule has 0 bridgehead atoms. The Balaban J connectivity index is 5.41. The van der Waals surface area contributed by atoms with Crippen molar-refractivity contribution in [1.82, 2.24) is 0 Å². The quantitative estimate of drug-likeness (QED) is 0.491. The maximum Gasteiger partial charge on any atom is 0.303 e. The highest BCUT2D eigenvalue weighted by Crippen LogP contribution is 1.99. The second-order valence-electron chi connectivity index (χ2n) is 2.38. The minimum Gasteiger partial charge on any atom is -0.481 e. The van der Waals surface area contributed by atoms with Gasteiger partial charge in [0.1, 0.15) is 0 Å². The number of unbranched alkanes of at least 4 members (excludes halogenated alkanes) is 1. The molecule has 3 heteroatoms. The summed E-state index contributed by atoms with van der Waals surface area (Å²) >= 11 is 0. The molecule has 0 aliphatic rings. The van der Waals surface area contributed by atoms with Crippen molar-refractivity contribution in [3.63, 3.8) is 0 Å². The van der Waals surface area contributed by atoms with Crippen LogP contribution < -0.4 is 0 Å². The highest BCUT2D eigenvalue weighted by atomic mass is 16.4. The zero-order valence-corrected chi connectivity index (χ0v) is 6.13. The Hall–Kier alpha value is -0.570. The van der Waals surface area contributed by atoms with Crippen molar-refractivity contribution in [1.29, 1.82) is 0 Å². The predicted molar refractivity (Wildman–Crippen MR) is 44.4 cm³/mol. The molecule has 0 unspecified atom stereocenters. The van der Waals surface area contributed by atoms with Crippen molar-refractivity contribution in [2.45, 2.75) is 19.3 Å². The second kappa shape index (κ2) is 4.34. The smallest absolute Gasteiger partial charge is 0.303 e. The maximum atomic E-state index is 10.4. The van der Waals surface area contributed by atoms with Crippen molar-refractivity contribution in [3.05, 3.63) is 0 Å². The first-order chi connectivity index (χ1) is 8.67. The van der Waals surface area contributed by atoms with Crippen molar-refractivity contribution in [2.75, 3.05) is 27.5 Å². The molecule has 0 saturated heterocycles. The fourth-order valence-electron chi connectivity index (χ4n) is 0.625. The van der Waals surface area contributed by atoms with Crippen LogP contribution in [0.4, 0.5) is 0 Å². The third kappa shape index (κ3) is 9.43. The topological polar surface area (TPSA) is 37.3 Å². The monoisotopic (exact) mass is 169 g/mol. The minimum atomic E-state index is -3.26. The van der Waals surface area contributed by atoms with Gasteiger partial charge in [0.25, 0.3) is 0 Å². The highest BCUT2D eigenvalue weighted by Gasteiger charge is 2.06. The van der Waals surface area contributed by atoms with E-state index < -0.39 is 37.9 Å². The molecular formula is C8H18NO2+. The first kappa shape index (κ1) is 2.73. The van der Waals surface area contributed by atoms with Crippen LogP contribution in [0, 0.1) is 0 Å². The molecule has 66 valence electrons. The maximum absolute atomic E-state index is 10.4. The zero-order chi connectivity index (χ0) is 16.4. The Morgan fingerprint density at radius 1 is 1.45 bits per heavy atom. The average Bonchev–Trinajstić information content (AvgIpc) is 2.09. The van der Waals surface area contributed by atoms with Crippen LogP contribution >= 0.6 is 0 Å². The van der Waals surface area contributed by atoms with Gasteiger partial charge in [-0.05, 0) is 12.8 Å². The third-order valence-corrected chi connectivity index (χ3v) is 1.13. The molecule has 0 aromatic carbocycles. The van der Waals surface area contributed by atoms with Gasteiger partial charge in [-0.15, -0.1) is 0 Å². The lowest BCUT2D eigenvalue weighted by molar-refractivity contribution is -0.870. The standard InChI is InChI=1S/C8H17NO2/c1-9(2,3)7-5-4-6-8(10)11/h4-7H2,1-3H3/p+1/i1D3,2D3,3D3. The normalized spacial score (nSPS) is 27.1. The van der Waals surface area contributed by atoms with Crippen molar-refractivity contribution in [2.24, 2.45) is 0 Å². The number of carboxylic acids is 1. The summed E-state index contributed by atoms with van der Waals surface area (Å²) in [5, 5.41) is 8.48. The second-order valence-corrected chi connectivity index (χ2v) is 2.38. The molecular weight excluding hydrogens is 142 g/mol. The predicted octanol–water partition coefficient (Wildman–Crippen LogP) is 0.948. The molecule has 0 rings (SSSR count). The van der Waals surface area contributed by atoms with E-state index in [1.54, 1.807) is 0 Å². The molecule has 0 aromatic rings. The van der Waals surface area contributed by atoms with Gasteiger partial charge in [-0.2, -0.15) is 0 Å². The summed E-state index contributed by atoms with van der Waals surface area (Å²) in [4.78, 5) is 10.4. The Kier molecular flexibility index (Phi) is 1.08.